The third kappa shape index (κ3) is 3.87. The molecule has 1 saturated heterocycles. The van der Waals surface area contributed by atoms with Crippen molar-refractivity contribution in [3.63, 3.8) is 0 Å². The van der Waals surface area contributed by atoms with Crippen LogP contribution in [-0.4, -0.2) is 39.5 Å². The van der Waals surface area contributed by atoms with Gasteiger partial charge in [-0.05, 0) is 74.3 Å². The maximum atomic E-state index is 13.4. The number of nitrogens with zero attached hydrogens (tertiary/aromatic N) is 3. The number of amides is 1. The number of rotatable bonds is 3. The van der Waals surface area contributed by atoms with E-state index >= 15 is 0 Å². The zero-order valence-electron chi connectivity index (χ0n) is 20.8. The SMILES string of the molecule is CC(C)(C)n1cc(C2=CC3CCCC(C2)N3C(=O)OCC2c3ccccc3-c3ccccc32)cn1. The Kier molecular flexibility index (Phi) is 5.32. The van der Waals surface area contributed by atoms with E-state index in [9.17, 15) is 4.79 Å². The van der Waals surface area contributed by atoms with Gasteiger partial charge < -0.3 is 4.74 Å². The standard InChI is InChI=1S/C30H33N3O2/c1-30(2,3)32-18-21(17-31-32)20-15-22-9-8-10-23(16-20)33(22)29(34)35-19-28-26-13-6-4-11-24(26)25-12-5-7-14-27(25)28/h4-7,11-15,17-18,22-23,28H,8-10,16,19H2,1-3H3. The molecule has 180 valence electrons. The van der Waals surface area contributed by atoms with Gasteiger partial charge in [0.2, 0.25) is 0 Å². The van der Waals surface area contributed by atoms with Crippen LogP contribution in [0.25, 0.3) is 16.7 Å². The van der Waals surface area contributed by atoms with E-state index in [1.165, 1.54) is 33.4 Å². The summed E-state index contributed by atoms with van der Waals surface area (Å²) in [6.45, 7) is 6.85. The highest BCUT2D eigenvalue weighted by molar-refractivity contribution is 5.79. The third-order valence-electron chi connectivity index (χ3n) is 7.82. The van der Waals surface area contributed by atoms with Gasteiger partial charge in [-0.3, -0.25) is 9.58 Å². The highest BCUT2D eigenvalue weighted by atomic mass is 16.6. The first-order valence-corrected chi connectivity index (χ1v) is 12.8. The Balaban J connectivity index is 1.20. The minimum atomic E-state index is -0.178. The van der Waals surface area contributed by atoms with E-state index in [-0.39, 0.29) is 29.6 Å². The van der Waals surface area contributed by atoms with E-state index in [0.29, 0.717) is 6.61 Å². The number of benzene rings is 2. The van der Waals surface area contributed by atoms with Crippen LogP contribution in [0.2, 0.25) is 0 Å². The van der Waals surface area contributed by atoms with Gasteiger partial charge in [0.15, 0.2) is 0 Å². The fourth-order valence-electron chi connectivity index (χ4n) is 6.05. The van der Waals surface area contributed by atoms with Gasteiger partial charge in [0, 0.05) is 23.7 Å². The summed E-state index contributed by atoms with van der Waals surface area (Å²) < 4.78 is 8.07. The number of carbonyl (C=O) groups is 1. The van der Waals surface area contributed by atoms with Crippen LogP contribution in [0.4, 0.5) is 4.79 Å². The molecule has 3 heterocycles. The van der Waals surface area contributed by atoms with Crippen LogP contribution in [0.1, 0.15) is 69.1 Å². The Morgan fingerprint density at radius 1 is 1.03 bits per heavy atom. The number of hydrogen-bond donors (Lipinski definition) is 0. The molecule has 1 aliphatic carbocycles. The van der Waals surface area contributed by atoms with E-state index in [4.69, 9.17) is 4.74 Å². The van der Waals surface area contributed by atoms with Gasteiger partial charge in [0.25, 0.3) is 0 Å². The number of ether oxygens (including phenoxy) is 1. The number of fused-ring (bicyclic) bond motifs is 5. The van der Waals surface area contributed by atoms with Crippen LogP contribution in [0.15, 0.2) is 67.0 Å². The molecule has 1 aromatic heterocycles. The van der Waals surface area contributed by atoms with Crippen molar-refractivity contribution in [2.45, 2.75) is 70.0 Å². The predicted molar refractivity (Wildman–Crippen MR) is 138 cm³/mol. The van der Waals surface area contributed by atoms with Crippen LogP contribution in [0.5, 0.6) is 0 Å². The number of hydrogen-bond acceptors (Lipinski definition) is 3. The van der Waals surface area contributed by atoms with E-state index < -0.39 is 0 Å². The first-order chi connectivity index (χ1) is 16.9. The summed E-state index contributed by atoms with van der Waals surface area (Å²) >= 11 is 0. The third-order valence-corrected chi connectivity index (χ3v) is 7.82. The molecule has 1 amide bonds. The lowest BCUT2D eigenvalue weighted by Crippen LogP contribution is -2.51. The van der Waals surface area contributed by atoms with E-state index in [2.05, 4.69) is 86.7 Å². The van der Waals surface area contributed by atoms with Gasteiger partial charge >= 0.3 is 6.09 Å². The summed E-state index contributed by atoms with van der Waals surface area (Å²) in [6.07, 6.45) is 10.2. The summed E-state index contributed by atoms with van der Waals surface area (Å²) in [4.78, 5) is 15.4. The Morgan fingerprint density at radius 2 is 1.71 bits per heavy atom. The second-order valence-electron chi connectivity index (χ2n) is 11.1. The van der Waals surface area contributed by atoms with Gasteiger partial charge in [0.05, 0.1) is 17.8 Å². The highest BCUT2D eigenvalue weighted by Gasteiger charge is 2.39. The van der Waals surface area contributed by atoms with Crippen LogP contribution in [-0.2, 0) is 10.3 Å². The molecule has 3 aliphatic rings. The van der Waals surface area contributed by atoms with Crippen molar-refractivity contribution in [1.82, 2.24) is 14.7 Å². The molecule has 0 spiro atoms. The normalized spacial score (nSPS) is 21.3. The van der Waals surface area contributed by atoms with Crippen LogP contribution in [0.3, 0.4) is 0 Å². The molecule has 0 saturated carbocycles. The Morgan fingerprint density at radius 3 is 2.34 bits per heavy atom. The molecule has 0 radical (unpaired) electrons. The molecule has 6 rings (SSSR count). The topological polar surface area (TPSA) is 47.4 Å². The van der Waals surface area contributed by atoms with Crippen LogP contribution < -0.4 is 0 Å². The van der Waals surface area contributed by atoms with Crippen molar-refractivity contribution in [2.24, 2.45) is 0 Å². The van der Waals surface area contributed by atoms with Crippen LogP contribution >= 0.6 is 0 Å². The Hall–Kier alpha value is -3.34. The first kappa shape index (κ1) is 22.1. The van der Waals surface area contributed by atoms with E-state index in [1.54, 1.807) is 0 Å². The quantitative estimate of drug-likeness (QED) is 0.436. The van der Waals surface area contributed by atoms with Gasteiger partial charge in [-0.15, -0.1) is 0 Å². The molecule has 0 N–H and O–H groups in total. The summed E-state index contributed by atoms with van der Waals surface area (Å²) in [5.74, 6) is 0.0883. The first-order valence-electron chi connectivity index (χ1n) is 12.8. The van der Waals surface area contributed by atoms with Crippen molar-refractivity contribution in [3.05, 3.63) is 83.7 Å². The molecule has 1 fully saturated rings. The maximum Gasteiger partial charge on any atom is 0.410 e. The average Bonchev–Trinajstić information content (AvgIpc) is 3.46. The van der Waals surface area contributed by atoms with Crippen molar-refractivity contribution in [1.29, 1.82) is 0 Å². The Bertz CT molecular complexity index is 1250. The molecule has 5 nitrogen and oxygen atoms in total. The minimum absolute atomic E-state index is 0.0450. The fourth-order valence-corrected chi connectivity index (χ4v) is 6.05. The zero-order chi connectivity index (χ0) is 24.2. The number of carbonyl (C=O) groups excluding carboxylic acids is 1. The second kappa shape index (κ2) is 8.40. The molecule has 2 bridgehead atoms. The second-order valence-corrected chi connectivity index (χ2v) is 11.1. The van der Waals surface area contributed by atoms with Crippen molar-refractivity contribution in [3.8, 4) is 11.1 Å². The molecular weight excluding hydrogens is 434 g/mol. The molecule has 2 atom stereocenters. The molecule has 3 aromatic rings. The van der Waals surface area contributed by atoms with Gasteiger partial charge in [0.1, 0.15) is 6.61 Å². The summed E-state index contributed by atoms with van der Waals surface area (Å²) in [6, 6.07) is 17.2. The average molecular weight is 468 g/mol. The molecule has 2 unspecified atom stereocenters. The lowest BCUT2D eigenvalue weighted by molar-refractivity contribution is 0.0539. The predicted octanol–water partition coefficient (Wildman–Crippen LogP) is 6.60. The lowest BCUT2D eigenvalue weighted by atomic mass is 9.84. The fraction of sp³-hybridized carbons (Fsp3) is 0.400. The minimum Gasteiger partial charge on any atom is -0.448 e. The van der Waals surface area contributed by atoms with E-state index in [0.717, 1.165) is 25.7 Å². The lowest BCUT2D eigenvalue weighted by Gasteiger charge is -2.44. The zero-order valence-corrected chi connectivity index (χ0v) is 20.8. The summed E-state index contributed by atoms with van der Waals surface area (Å²) in [7, 11) is 0. The molecule has 5 heteroatoms. The van der Waals surface area contributed by atoms with E-state index in [1.807, 2.05) is 15.8 Å². The van der Waals surface area contributed by atoms with Crippen molar-refractivity contribution >= 4 is 11.7 Å². The van der Waals surface area contributed by atoms with Gasteiger partial charge in [-0.2, -0.15) is 5.10 Å². The maximum absolute atomic E-state index is 13.4. The van der Waals surface area contributed by atoms with Crippen LogP contribution in [0, 0.1) is 0 Å². The Labute approximate surface area is 207 Å². The monoisotopic (exact) mass is 467 g/mol. The van der Waals surface area contributed by atoms with Gasteiger partial charge in [-0.1, -0.05) is 54.6 Å². The molecule has 2 aliphatic heterocycles. The molecular formula is C30H33N3O2. The van der Waals surface area contributed by atoms with Crippen molar-refractivity contribution in [2.75, 3.05) is 6.61 Å². The van der Waals surface area contributed by atoms with Crippen molar-refractivity contribution < 1.29 is 9.53 Å². The van der Waals surface area contributed by atoms with Gasteiger partial charge in [-0.25, -0.2) is 4.79 Å². The highest BCUT2D eigenvalue weighted by Crippen LogP contribution is 2.45. The summed E-state index contributed by atoms with van der Waals surface area (Å²) in [5.41, 5.74) is 7.43. The molecule has 35 heavy (non-hydrogen) atoms. The number of aromatic nitrogens is 2. The summed E-state index contributed by atoms with van der Waals surface area (Å²) in [5, 5.41) is 4.59. The molecule has 2 aromatic carbocycles. The largest absolute Gasteiger partial charge is 0.448 e. The smallest absolute Gasteiger partial charge is 0.410 e. The number of piperidine rings is 1.